The number of aryl methyl sites for hydroxylation is 1. The molecule has 0 bridgehead atoms. The zero-order valence-corrected chi connectivity index (χ0v) is 12.8. The Morgan fingerprint density at radius 2 is 2.10 bits per heavy atom. The van der Waals surface area contributed by atoms with Crippen LogP contribution in [0.3, 0.4) is 0 Å². The summed E-state index contributed by atoms with van der Waals surface area (Å²) >= 11 is 0. The van der Waals surface area contributed by atoms with Crippen molar-refractivity contribution >= 4 is 5.82 Å². The van der Waals surface area contributed by atoms with Gasteiger partial charge in [-0.3, -0.25) is 0 Å². The summed E-state index contributed by atoms with van der Waals surface area (Å²) in [4.78, 5) is 8.92. The largest absolute Gasteiger partial charge is 0.378 e. The zero-order valence-electron chi connectivity index (χ0n) is 12.8. The third kappa shape index (κ3) is 2.30. The molecule has 20 heavy (non-hydrogen) atoms. The number of fused-ring (bicyclic) bond motifs is 1. The van der Waals surface area contributed by atoms with Gasteiger partial charge in [0.1, 0.15) is 12.1 Å². The molecular formula is C16H25N3O. The molecule has 0 radical (unpaired) electrons. The van der Waals surface area contributed by atoms with Crippen molar-refractivity contribution in [1.29, 1.82) is 0 Å². The topological polar surface area (TPSA) is 47.0 Å². The molecule has 1 N–H and O–H groups in total. The third-order valence-electron chi connectivity index (χ3n) is 4.98. The van der Waals surface area contributed by atoms with Crippen LogP contribution in [0.15, 0.2) is 6.33 Å². The van der Waals surface area contributed by atoms with E-state index in [1.807, 2.05) is 0 Å². The van der Waals surface area contributed by atoms with E-state index < -0.39 is 0 Å². The fourth-order valence-corrected chi connectivity index (χ4v) is 3.42. The molecule has 0 saturated heterocycles. The number of aromatic nitrogens is 2. The van der Waals surface area contributed by atoms with E-state index in [1.165, 1.54) is 24.1 Å². The summed E-state index contributed by atoms with van der Waals surface area (Å²) in [6, 6.07) is 0.444. The van der Waals surface area contributed by atoms with Crippen molar-refractivity contribution in [3.05, 3.63) is 17.6 Å². The van der Waals surface area contributed by atoms with Gasteiger partial charge in [-0.15, -0.1) is 0 Å². The maximum absolute atomic E-state index is 5.80. The van der Waals surface area contributed by atoms with Gasteiger partial charge in [0.2, 0.25) is 0 Å². The lowest BCUT2D eigenvalue weighted by Crippen LogP contribution is -2.58. The van der Waals surface area contributed by atoms with E-state index in [9.17, 15) is 0 Å². The van der Waals surface area contributed by atoms with E-state index in [2.05, 4.69) is 36.1 Å². The minimum atomic E-state index is 0.169. The second-order valence-electron chi connectivity index (χ2n) is 6.55. The minimum absolute atomic E-state index is 0.169. The number of nitrogens with one attached hydrogen (secondary N) is 1. The van der Waals surface area contributed by atoms with Crippen molar-refractivity contribution in [3.8, 4) is 0 Å². The molecule has 1 aromatic heterocycles. The molecule has 2 aliphatic rings. The van der Waals surface area contributed by atoms with Gasteiger partial charge in [0, 0.05) is 29.3 Å². The first-order valence-corrected chi connectivity index (χ1v) is 7.83. The third-order valence-corrected chi connectivity index (χ3v) is 4.98. The fourth-order valence-electron chi connectivity index (χ4n) is 3.42. The first-order valence-electron chi connectivity index (χ1n) is 7.83. The summed E-state index contributed by atoms with van der Waals surface area (Å²) in [6.07, 6.45) is 7.86. The van der Waals surface area contributed by atoms with Gasteiger partial charge in [0.15, 0.2) is 0 Å². The van der Waals surface area contributed by atoms with E-state index >= 15 is 0 Å². The summed E-state index contributed by atoms with van der Waals surface area (Å²) in [5.41, 5.74) is 2.75. The molecule has 1 heterocycles. The van der Waals surface area contributed by atoms with Crippen LogP contribution in [0, 0.1) is 5.41 Å². The van der Waals surface area contributed by atoms with Gasteiger partial charge < -0.3 is 10.1 Å². The van der Waals surface area contributed by atoms with Crippen LogP contribution in [0.1, 0.15) is 51.3 Å². The zero-order chi connectivity index (χ0) is 14.2. The molecule has 1 aromatic rings. The molecule has 1 saturated carbocycles. The summed E-state index contributed by atoms with van der Waals surface area (Å²) in [7, 11) is 0. The fraction of sp³-hybridized carbons (Fsp3) is 0.750. The molecule has 110 valence electrons. The highest BCUT2D eigenvalue weighted by atomic mass is 16.5. The molecule has 4 heteroatoms. The summed E-state index contributed by atoms with van der Waals surface area (Å²) in [6.45, 7) is 7.42. The monoisotopic (exact) mass is 275 g/mol. The Kier molecular flexibility index (Phi) is 3.67. The SMILES string of the molecule is CCOC1CC(Nc2ncnc3c2CCCC3)C1(C)C. The lowest BCUT2D eigenvalue weighted by atomic mass is 9.64. The predicted octanol–water partition coefficient (Wildman–Crippen LogP) is 2.97. The van der Waals surface area contributed by atoms with E-state index in [4.69, 9.17) is 4.74 Å². The van der Waals surface area contributed by atoms with Crippen molar-refractivity contribution in [2.75, 3.05) is 11.9 Å². The number of ether oxygens (including phenoxy) is 1. The van der Waals surface area contributed by atoms with Gasteiger partial charge in [0.25, 0.3) is 0 Å². The molecule has 2 aliphatic carbocycles. The molecule has 2 unspecified atom stereocenters. The predicted molar refractivity (Wildman–Crippen MR) is 79.9 cm³/mol. The maximum Gasteiger partial charge on any atom is 0.133 e. The van der Waals surface area contributed by atoms with Crippen LogP contribution < -0.4 is 5.32 Å². The quantitative estimate of drug-likeness (QED) is 0.917. The molecule has 3 rings (SSSR count). The Balaban J connectivity index is 1.73. The summed E-state index contributed by atoms with van der Waals surface area (Å²) in [5.74, 6) is 1.06. The smallest absolute Gasteiger partial charge is 0.133 e. The molecule has 0 spiro atoms. The van der Waals surface area contributed by atoms with Gasteiger partial charge in [-0.1, -0.05) is 13.8 Å². The second kappa shape index (κ2) is 5.32. The van der Waals surface area contributed by atoms with Gasteiger partial charge in [0.05, 0.1) is 6.10 Å². The van der Waals surface area contributed by atoms with Gasteiger partial charge in [-0.05, 0) is 39.0 Å². The Bertz CT molecular complexity index is 487. The maximum atomic E-state index is 5.80. The van der Waals surface area contributed by atoms with Crippen molar-refractivity contribution in [3.63, 3.8) is 0 Å². The lowest BCUT2D eigenvalue weighted by molar-refractivity contribution is -0.0977. The van der Waals surface area contributed by atoms with E-state index in [0.717, 1.165) is 31.7 Å². The number of hydrogen-bond donors (Lipinski definition) is 1. The number of anilines is 1. The van der Waals surface area contributed by atoms with E-state index in [1.54, 1.807) is 6.33 Å². The van der Waals surface area contributed by atoms with Crippen LogP contribution in [0.5, 0.6) is 0 Å². The molecule has 0 amide bonds. The highest BCUT2D eigenvalue weighted by molar-refractivity contribution is 5.48. The molecule has 0 aromatic carbocycles. The van der Waals surface area contributed by atoms with Crippen LogP contribution in [0.25, 0.3) is 0 Å². The van der Waals surface area contributed by atoms with Crippen LogP contribution in [-0.4, -0.2) is 28.7 Å². The first kappa shape index (κ1) is 13.8. The molecular weight excluding hydrogens is 250 g/mol. The molecule has 1 fully saturated rings. The normalized spacial score (nSPS) is 27.6. The Morgan fingerprint density at radius 3 is 2.85 bits per heavy atom. The van der Waals surface area contributed by atoms with Crippen LogP contribution in [-0.2, 0) is 17.6 Å². The summed E-state index contributed by atoms with van der Waals surface area (Å²) in [5, 5.41) is 3.65. The van der Waals surface area contributed by atoms with Crippen LogP contribution >= 0.6 is 0 Å². The van der Waals surface area contributed by atoms with Gasteiger partial charge >= 0.3 is 0 Å². The van der Waals surface area contributed by atoms with Crippen molar-refractivity contribution in [2.45, 2.75) is 65.0 Å². The van der Waals surface area contributed by atoms with Crippen molar-refractivity contribution < 1.29 is 4.74 Å². The average molecular weight is 275 g/mol. The van der Waals surface area contributed by atoms with Crippen LogP contribution in [0.4, 0.5) is 5.82 Å². The average Bonchev–Trinajstić information content (AvgIpc) is 2.46. The Morgan fingerprint density at radius 1 is 1.30 bits per heavy atom. The summed E-state index contributed by atoms with van der Waals surface area (Å²) < 4.78 is 5.80. The second-order valence-corrected chi connectivity index (χ2v) is 6.55. The molecule has 2 atom stereocenters. The highest BCUT2D eigenvalue weighted by Gasteiger charge is 2.49. The Labute approximate surface area is 121 Å². The Hall–Kier alpha value is -1.16. The molecule has 0 aliphatic heterocycles. The minimum Gasteiger partial charge on any atom is -0.378 e. The lowest BCUT2D eigenvalue weighted by Gasteiger charge is -2.52. The van der Waals surface area contributed by atoms with Crippen molar-refractivity contribution in [2.24, 2.45) is 5.41 Å². The number of hydrogen-bond acceptors (Lipinski definition) is 4. The van der Waals surface area contributed by atoms with Crippen LogP contribution in [0.2, 0.25) is 0 Å². The van der Waals surface area contributed by atoms with Gasteiger partial charge in [-0.25, -0.2) is 9.97 Å². The highest BCUT2D eigenvalue weighted by Crippen LogP contribution is 2.44. The number of rotatable bonds is 4. The van der Waals surface area contributed by atoms with E-state index in [-0.39, 0.29) is 5.41 Å². The van der Waals surface area contributed by atoms with Crippen molar-refractivity contribution in [1.82, 2.24) is 9.97 Å². The van der Waals surface area contributed by atoms with Gasteiger partial charge in [-0.2, -0.15) is 0 Å². The first-order chi connectivity index (χ1) is 9.63. The number of nitrogens with zero attached hydrogens (tertiary/aromatic N) is 2. The van der Waals surface area contributed by atoms with E-state index in [0.29, 0.717) is 12.1 Å². The molecule has 4 nitrogen and oxygen atoms in total. The standard InChI is InChI=1S/C16H25N3O/c1-4-20-14-9-13(16(14,2)3)19-15-11-7-5-6-8-12(11)17-10-18-15/h10,13-14H,4-9H2,1-3H3,(H,17,18,19).